The smallest absolute Gasteiger partial charge is 0.0982 e. The number of rotatable bonds is 3. The van der Waals surface area contributed by atoms with E-state index >= 15 is 0 Å². The highest BCUT2D eigenvalue weighted by Gasteiger charge is 2.17. The maximum Gasteiger partial charge on any atom is 0.0982 e. The molecule has 0 unspecified atom stereocenters. The molecule has 0 bridgehead atoms. The molecule has 0 heterocycles. The first-order chi connectivity index (χ1) is 7.75. The molecule has 0 saturated heterocycles. The van der Waals surface area contributed by atoms with E-state index in [1.54, 1.807) is 5.57 Å². The van der Waals surface area contributed by atoms with Gasteiger partial charge in [-0.05, 0) is 44.1 Å². The second kappa shape index (κ2) is 5.56. The minimum Gasteiger partial charge on any atom is -0.495 e. The van der Waals surface area contributed by atoms with E-state index in [4.69, 9.17) is 4.74 Å². The van der Waals surface area contributed by atoms with E-state index in [2.05, 4.69) is 26.0 Å². The summed E-state index contributed by atoms with van der Waals surface area (Å²) in [4.78, 5) is 0. The molecular formula is C15H24O. The lowest BCUT2D eigenvalue weighted by atomic mass is 9.93. The van der Waals surface area contributed by atoms with Gasteiger partial charge in [0, 0.05) is 6.42 Å². The molecule has 0 aromatic heterocycles. The van der Waals surface area contributed by atoms with Gasteiger partial charge < -0.3 is 4.74 Å². The molecule has 0 radical (unpaired) electrons. The monoisotopic (exact) mass is 220 g/mol. The summed E-state index contributed by atoms with van der Waals surface area (Å²) in [7, 11) is 0. The fourth-order valence-corrected chi connectivity index (χ4v) is 2.61. The van der Waals surface area contributed by atoms with Gasteiger partial charge in [-0.3, -0.25) is 0 Å². The fraction of sp³-hybridized carbons (Fsp3) is 0.733. The Morgan fingerprint density at radius 3 is 2.38 bits per heavy atom. The van der Waals surface area contributed by atoms with E-state index in [0.717, 1.165) is 6.42 Å². The lowest BCUT2D eigenvalue weighted by molar-refractivity contribution is 0.0764. The number of hydrogen-bond acceptors (Lipinski definition) is 1. The van der Waals surface area contributed by atoms with Gasteiger partial charge in [-0.25, -0.2) is 0 Å². The largest absolute Gasteiger partial charge is 0.495 e. The van der Waals surface area contributed by atoms with Crippen molar-refractivity contribution < 1.29 is 4.74 Å². The lowest BCUT2D eigenvalue weighted by Crippen LogP contribution is -2.17. The van der Waals surface area contributed by atoms with Crippen LogP contribution in [-0.4, -0.2) is 6.10 Å². The summed E-state index contributed by atoms with van der Waals surface area (Å²) in [6.07, 6.45) is 13.9. The Kier molecular flexibility index (Phi) is 4.09. The Hall–Kier alpha value is -0.720. The van der Waals surface area contributed by atoms with Crippen molar-refractivity contribution in [2.75, 3.05) is 0 Å². The first kappa shape index (κ1) is 11.8. The first-order valence-corrected chi connectivity index (χ1v) is 6.82. The second-order valence-electron chi connectivity index (χ2n) is 5.41. The molecule has 0 N–H and O–H groups in total. The molecule has 0 amide bonds. The highest BCUT2D eigenvalue weighted by molar-refractivity contribution is 5.22. The van der Waals surface area contributed by atoms with Gasteiger partial charge in [0.1, 0.15) is 0 Å². The Morgan fingerprint density at radius 1 is 1.06 bits per heavy atom. The number of ether oxygens (including phenoxy) is 1. The van der Waals surface area contributed by atoms with Crippen LogP contribution in [0.25, 0.3) is 0 Å². The third kappa shape index (κ3) is 3.13. The Labute approximate surface area is 99.6 Å². The van der Waals surface area contributed by atoms with Gasteiger partial charge in [0.2, 0.25) is 0 Å². The zero-order chi connectivity index (χ0) is 11.4. The van der Waals surface area contributed by atoms with Crippen LogP contribution in [-0.2, 0) is 4.74 Å². The molecule has 1 saturated carbocycles. The molecule has 0 spiro atoms. The molecule has 2 aliphatic carbocycles. The van der Waals surface area contributed by atoms with Crippen LogP contribution >= 0.6 is 0 Å². The molecule has 90 valence electrons. The topological polar surface area (TPSA) is 9.23 Å². The lowest BCUT2D eigenvalue weighted by Gasteiger charge is -2.26. The Balaban J connectivity index is 1.86. The van der Waals surface area contributed by atoms with Gasteiger partial charge in [0.05, 0.1) is 11.9 Å². The summed E-state index contributed by atoms with van der Waals surface area (Å²) in [6.45, 7) is 4.54. The van der Waals surface area contributed by atoms with E-state index in [-0.39, 0.29) is 0 Å². The van der Waals surface area contributed by atoms with E-state index < -0.39 is 0 Å². The fourth-order valence-electron chi connectivity index (χ4n) is 2.61. The molecular weight excluding hydrogens is 196 g/mol. The third-order valence-electron chi connectivity index (χ3n) is 3.76. The van der Waals surface area contributed by atoms with Gasteiger partial charge >= 0.3 is 0 Å². The summed E-state index contributed by atoms with van der Waals surface area (Å²) >= 11 is 0. The van der Waals surface area contributed by atoms with Crippen molar-refractivity contribution in [3.8, 4) is 0 Å². The van der Waals surface area contributed by atoms with Gasteiger partial charge in [-0.1, -0.05) is 31.9 Å². The first-order valence-electron chi connectivity index (χ1n) is 6.82. The summed E-state index contributed by atoms with van der Waals surface area (Å²) < 4.78 is 6.08. The van der Waals surface area contributed by atoms with Crippen LogP contribution in [0.2, 0.25) is 0 Å². The zero-order valence-corrected chi connectivity index (χ0v) is 10.7. The molecule has 0 aromatic rings. The number of hydrogen-bond donors (Lipinski definition) is 0. The van der Waals surface area contributed by atoms with Gasteiger partial charge in [-0.15, -0.1) is 0 Å². The molecule has 2 rings (SSSR count). The molecule has 1 fully saturated rings. The molecule has 1 heteroatoms. The molecule has 0 aliphatic heterocycles. The minimum absolute atomic E-state index is 0.508. The van der Waals surface area contributed by atoms with Crippen molar-refractivity contribution in [2.24, 2.45) is 5.92 Å². The van der Waals surface area contributed by atoms with Gasteiger partial charge in [0.15, 0.2) is 0 Å². The van der Waals surface area contributed by atoms with Crippen molar-refractivity contribution in [1.82, 2.24) is 0 Å². The van der Waals surface area contributed by atoms with Crippen LogP contribution in [0.3, 0.4) is 0 Å². The van der Waals surface area contributed by atoms with Crippen LogP contribution in [0.1, 0.15) is 58.8 Å². The van der Waals surface area contributed by atoms with Crippen molar-refractivity contribution >= 4 is 0 Å². The van der Waals surface area contributed by atoms with Crippen LogP contribution < -0.4 is 0 Å². The maximum atomic E-state index is 6.08. The second-order valence-corrected chi connectivity index (χ2v) is 5.41. The van der Waals surface area contributed by atoms with Crippen molar-refractivity contribution in [2.45, 2.75) is 64.9 Å². The predicted octanol–water partition coefficient (Wildman–Crippen LogP) is 4.60. The van der Waals surface area contributed by atoms with E-state index in [1.807, 2.05) is 0 Å². The van der Waals surface area contributed by atoms with Crippen LogP contribution in [0.15, 0.2) is 23.5 Å². The average molecular weight is 220 g/mol. The van der Waals surface area contributed by atoms with E-state index in [1.165, 1.54) is 44.3 Å². The molecule has 0 atom stereocenters. The third-order valence-corrected chi connectivity index (χ3v) is 3.76. The van der Waals surface area contributed by atoms with Crippen molar-refractivity contribution in [3.63, 3.8) is 0 Å². The quantitative estimate of drug-likeness (QED) is 0.675. The Morgan fingerprint density at radius 2 is 1.81 bits per heavy atom. The molecule has 2 aliphatic rings. The van der Waals surface area contributed by atoms with Gasteiger partial charge in [0.25, 0.3) is 0 Å². The highest BCUT2D eigenvalue weighted by atomic mass is 16.5. The SMILES string of the molecule is CC(C)C1=CC=C(OC2CCCCC2)CC1. The summed E-state index contributed by atoms with van der Waals surface area (Å²) in [6, 6.07) is 0. The molecule has 1 nitrogen and oxygen atoms in total. The van der Waals surface area contributed by atoms with Gasteiger partial charge in [-0.2, -0.15) is 0 Å². The standard InChI is InChI=1S/C15H24O/c1-12(2)13-8-10-15(11-9-13)16-14-6-4-3-5-7-14/h8,10,12,14H,3-7,9,11H2,1-2H3. The molecule has 0 aromatic carbocycles. The highest BCUT2D eigenvalue weighted by Crippen LogP contribution is 2.28. The summed E-state index contributed by atoms with van der Waals surface area (Å²) in [5, 5.41) is 0. The minimum atomic E-state index is 0.508. The van der Waals surface area contributed by atoms with E-state index in [0.29, 0.717) is 12.0 Å². The van der Waals surface area contributed by atoms with Crippen molar-refractivity contribution in [1.29, 1.82) is 0 Å². The van der Waals surface area contributed by atoms with Crippen molar-refractivity contribution in [3.05, 3.63) is 23.5 Å². The maximum absolute atomic E-state index is 6.08. The van der Waals surface area contributed by atoms with Crippen LogP contribution in [0.4, 0.5) is 0 Å². The average Bonchev–Trinajstić information content (AvgIpc) is 2.31. The summed E-state index contributed by atoms with van der Waals surface area (Å²) in [5.41, 5.74) is 1.57. The van der Waals surface area contributed by atoms with E-state index in [9.17, 15) is 0 Å². The Bertz CT molecular complexity index is 280. The normalized spacial score (nSPS) is 22.9. The predicted molar refractivity (Wildman–Crippen MR) is 68.2 cm³/mol. The van der Waals surface area contributed by atoms with Crippen LogP contribution in [0.5, 0.6) is 0 Å². The van der Waals surface area contributed by atoms with Crippen LogP contribution in [0, 0.1) is 5.92 Å². The molecule has 16 heavy (non-hydrogen) atoms. The summed E-state index contributed by atoms with van der Waals surface area (Å²) in [5.74, 6) is 1.91. The number of allylic oxidation sites excluding steroid dienone is 4. The zero-order valence-electron chi connectivity index (χ0n) is 10.7.